The summed E-state index contributed by atoms with van der Waals surface area (Å²) in [6, 6.07) is 33.3. The molecule has 0 N–H and O–H groups in total. The van der Waals surface area contributed by atoms with Crippen LogP contribution in [0.4, 0.5) is 0 Å². The minimum absolute atomic E-state index is 0.154. The fourth-order valence-corrected chi connectivity index (χ4v) is 16.2. The third-order valence-electron chi connectivity index (χ3n) is 6.90. The van der Waals surface area contributed by atoms with Gasteiger partial charge in [-0.05, 0) is 0 Å². The first-order chi connectivity index (χ1) is 14.3. The van der Waals surface area contributed by atoms with Crippen LogP contribution in [-0.2, 0) is 4.79 Å². The molecule has 2 heterocycles. The summed E-state index contributed by atoms with van der Waals surface area (Å²) in [6.45, 7) is 2.04. The van der Waals surface area contributed by atoms with Gasteiger partial charge in [0.1, 0.15) is 0 Å². The summed E-state index contributed by atoms with van der Waals surface area (Å²) in [5.41, 5.74) is 0. The van der Waals surface area contributed by atoms with Crippen molar-refractivity contribution in [1.29, 1.82) is 0 Å². The number of benzene rings is 3. The summed E-state index contributed by atoms with van der Waals surface area (Å²) in [5.74, 6) is 0.654. The van der Waals surface area contributed by atoms with Gasteiger partial charge in [-0.15, -0.1) is 0 Å². The fraction of sp³-hybridized carbons (Fsp3) is 0.269. The molecule has 3 aromatic rings. The van der Waals surface area contributed by atoms with Gasteiger partial charge in [0.15, 0.2) is 0 Å². The van der Waals surface area contributed by atoms with Crippen LogP contribution >= 0.6 is 0 Å². The van der Waals surface area contributed by atoms with Crippen molar-refractivity contribution < 1.29 is 4.79 Å². The van der Waals surface area contributed by atoms with E-state index in [2.05, 4.69) is 95.9 Å². The SMILES string of the molecule is O=C1C([CH2][Ge]([c]2ccccc2)([c]2ccccc2)[c]2ccccc2)CN2CCCC12. The Morgan fingerprint density at radius 3 is 1.69 bits per heavy atom. The molecule has 2 unspecified atom stereocenters. The molecule has 2 nitrogen and oxygen atoms in total. The molecule has 2 fully saturated rings. The Hall–Kier alpha value is -2.17. The first-order valence-electron chi connectivity index (χ1n) is 10.7. The van der Waals surface area contributed by atoms with Gasteiger partial charge in [-0.2, -0.15) is 0 Å². The molecule has 29 heavy (non-hydrogen) atoms. The van der Waals surface area contributed by atoms with E-state index < -0.39 is 13.3 Å². The zero-order valence-electron chi connectivity index (χ0n) is 16.7. The van der Waals surface area contributed by atoms with Crippen molar-refractivity contribution in [2.24, 2.45) is 5.92 Å². The van der Waals surface area contributed by atoms with E-state index in [1.54, 1.807) is 0 Å². The standard InChI is InChI=1S/C26H27GeNO/c29-26-21(20-28-18-10-17-25(26)28)19-27(22-11-4-1-5-12-22,23-13-6-2-7-14-23)24-15-8-3-9-16-24/h1-9,11-16,21,25H,10,17-20H2. The molecule has 0 saturated carbocycles. The fourth-order valence-electron chi connectivity index (χ4n) is 5.57. The minimum atomic E-state index is -3.02. The summed E-state index contributed by atoms with van der Waals surface area (Å²) >= 11 is -3.02. The maximum absolute atomic E-state index is 13.3. The summed E-state index contributed by atoms with van der Waals surface area (Å²) in [6.07, 6.45) is 2.23. The molecular formula is C26H27GeNO. The number of nitrogens with zero attached hydrogens (tertiary/aromatic N) is 1. The van der Waals surface area contributed by atoms with Gasteiger partial charge >= 0.3 is 176 Å². The Bertz CT molecular complexity index is 877. The number of hydrogen-bond donors (Lipinski definition) is 0. The Balaban J connectivity index is 1.67. The number of fused-ring (bicyclic) bond motifs is 1. The molecule has 0 bridgehead atoms. The second kappa shape index (κ2) is 7.93. The van der Waals surface area contributed by atoms with E-state index in [1.165, 1.54) is 19.6 Å². The number of carbonyl (C=O) groups is 1. The van der Waals surface area contributed by atoms with E-state index in [9.17, 15) is 4.79 Å². The van der Waals surface area contributed by atoms with E-state index in [0.717, 1.165) is 24.8 Å². The Labute approximate surface area is 175 Å². The summed E-state index contributed by atoms with van der Waals surface area (Å²) in [7, 11) is 0. The second-order valence-corrected chi connectivity index (χ2v) is 16.7. The molecule has 0 amide bonds. The molecule has 2 saturated heterocycles. The molecular weight excluding hydrogens is 415 g/mol. The topological polar surface area (TPSA) is 20.3 Å². The third-order valence-corrected chi connectivity index (χ3v) is 17.5. The van der Waals surface area contributed by atoms with Crippen molar-refractivity contribution in [1.82, 2.24) is 4.90 Å². The number of Topliss-reactive ketones (excluding diaryl/α,β-unsaturated/α-hetero) is 1. The predicted octanol–water partition coefficient (Wildman–Crippen LogP) is 2.82. The molecule has 3 aromatic carbocycles. The van der Waals surface area contributed by atoms with Crippen LogP contribution in [0.3, 0.4) is 0 Å². The summed E-state index contributed by atoms with van der Waals surface area (Å²) in [4.78, 5) is 15.8. The second-order valence-electron chi connectivity index (χ2n) is 8.46. The van der Waals surface area contributed by atoms with Crippen LogP contribution < -0.4 is 13.2 Å². The van der Waals surface area contributed by atoms with Crippen molar-refractivity contribution in [2.75, 3.05) is 13.1 Å². The van der Waals surface area contributed by atoms with E-state index >= 15 is 0 Å². The van der Waals surface area contributed by atoms with Gasteiger partial charge in [0, 0.05) is 0 Å². The van der Waals surface area contributed by atoms with Crippen LogP contribution in [0.5, 0.6) is 0 Å². The van der Waals surface area contributed by atoms with Gasteiger partial charge < -0.3 is 0 Å². The normalized spacial score (nSPS) is 22.0. The molecule has 0 radical (unpaired) electrons. The van der Waals surface area contributed by atoms with Crippen LogP contribution in [0, 0.1) is 5.92 Å². The quantitative estimate of drug-likeness (QED) is 0.567. The van der Waals surface area contributed by atoms with Crippen molar-refractivity contribution in [3.63, 3.8) is 0 Å². The first-order valence-corrected chi connectivity index (χ1v) is 15.4. The first kappa shape index (κ1) is 18.8. The molecule has 2 aliphatic rings. The molecule has 0 spiro atoms. The summed E-state index contributed by atoms with van der Waals surface area (Å²) < 4.78 is 4.35. The molecule has 0 aliphatic carbocycles. The Morgan fingerprint density at radius 2 is 1.24 bits per heavy atom. The van der Waals surface area contributed by atoms with Gasteiger partial charge in [-0.1, -0.05) is 0 Å². The molecule has 2 atom stereocenters. The monoisotopic (exact) mass is 443 g/mol. The molecule has 3 heteroatoms. The van der Waals surface area contributed by atoms with Crippen molar-refractivity contribution in [2.45, 2.75) is 24.1 Å². The Morgan fingerprint density at radius 1 is 0.759 bits per heavy atom. The van der Waals surface area contributed by atoms with Gasteiger partial charge in [0.25, 0.3) is 0 Å². The number of ketones is 1. The van der Waals surface area contributed by atoms with Crippen molar-refractivity contribution in [3.8, 4) is 0 Å². The molecule has 5 rings (SSSR count). The average Bonchev–Trinajstić information content (AvgIpc) is 3.37. The van der Waals surface area contributed by atoms with E-state index in [4.69, 9.17) is 0 Å². The van der Waals surface area contributed by atoms with Crippen LogP contribution in [0.25, 0.3) is 0 Å². The molecule has 146 valence electrons. The summed E-state index contributed by atoms with van der Waals surface area (Å²) in [5, 5.41) is 1.00. The van der Waals surface area contributed by atoms with Gasteiger partial charge in [-0.3, -0.25) is 0 Å². The predicted molar refractivity (Wildman–Crippen MR) is 122 cm³/mol. The van der Waals surface area contributed by atoms with Crippen molar-refractivity contribution >= 4 is 32.2 Å². The van der Waals surface area contributed by atoms with Gasteiger partial charge in [0.05, 0.1) is 0 Å². The third kappa shape index (κ3) is 3.29. The van der Waals surface area contributed by atoms with Crippen LogP contribution in [-0.4, -0.2) is 43.1 Å². The van der Waals surface area contributed by atoms with Crippen LogP contribution in [0.15, 0.2) is 91.0 Å². The Kier molecular flexibility index (Phi) is 5.15. The van der Waals surface area contributed by atoms with E-state index in [1.807, 2.05) is 0 Å². The van der Waals surface area contributed by atoms with Gasteiger partial charge in [-0.25, -0.2) is 0 Å². The number of carbonyl (C=O) groups excluding carboxylic acids is 1. The number of hydrogen-bond acceptors (Lipinski definition) is 2. The van der Waals surface area contributed by atoms with Gasteiger partial charge in [0.2, 0.25) is 0 Å². The van der Waals surface area contributed by atoms with Crippen LogP contribution in [0.2, 0.25) is 5.25 Å². The molecule has 0 aromatic heterocycles. The van der Waals surface area contributed by atoms with Crippen molar-refractivity contribution in [3.05, 3.63) is 91.0 Å². The zero-order valence-corrected chi connectivity index (χ0v) is 18.8. The average molecular weight is 442 g/mol. The number of rotatable bonds is 5. The van der Waals surface area contributed by atoms with Crippen LogP contribution in [0.1, 0.15) is 12.8 Å². The van der Waals surface area contributed by atoms with E-state index in [0.29, 0.717) is 5.78 Å². The maximum atomic E-state index is 13.3. The molecule has 2 aliphatic heterocycles. The zero-order chi connectivity index (χ0) is 19.7. The van der Waals surface area contributed by atoms with E-state index in [-0.39, 0.29) is 12.0 Å².